The summed E-state index contributed by atoms with van der Waals surface area (Å²) in [7, 11) is -3.21. The van der Waals surface area contributed by atoms with Crippen molar-refractivity contribution in [2.75, 3.05) is 6.26 Å². The third kappa shape index (κ3) is 2.74. The highest BCUT2D eigenvalue weighted by Crippen LogP contribution is 2.27. The number of sulfone groups is 1. The van der Waals surface area contributed by atoms with Crippen LogP contribution in [0.25, 0.3) is 10.1 Å². The molecule has 2 unspecified atom stereocenters. The van der Waals surface area contributed by atoms with Gasteiger partial charge in [-0.05, 0) is 29.3 Å². The Bertz CT molecular complexity index is 643. The zero-order valence-electron chi connectivity index (χ0n) is 10.3. The Morgan fingerprint density at radius 3 is 2.67 bits per heavy atom. The molecule has 0 aliphatic heterocycles. The van der Waals surface area contributed by atoms with E-state index in [1.165, 1.54) is 0 Å². The van der Waals surface area contributed by atoms with Gasteiger partial charge in [-0.25, -0.2) is 8.42 Å². The number of thiophene rings is 1. The molecule has 98 valence electrons. The van der Waals surface area contributed by atoms with E-state index in [-0.39, 0.29) is 0 Å². The van der Waals surface area contributed by atoms with Gasteiger partial charge in [-0.15, -0.1) is 11.3 Å². The van der Waals surface area contributed by atoms with Gasteiger partial charge in [0.15, 0.2) is 9.84 Å². The van der Waals surface area contributed by atoms with Crippen LogP contribution in [0.4, 0.5) is 0 Å². The van der Waals surface area contributed by atoms with Crippen LogP contribution in [0.2, 0.25) is 0 Å². The van der Waals surface area contributed by atoms with Crippen LogP contribution in [-0.4, -0.2) is 31.1 Å². The fourth-order valence-electron chi connectivity index (χ4n) is 1.87. The predicted octanol–water partition coefficient (Wildman–Crippen LogP) is 2.24. The summed E-state index contributed by atoms with van der Waals surface area (Å²) in [5.41, 5.74) is 1.01. The van der Waals surface area contributed by atoms with Crippen LogP contribution in [0.15, 0.2) is 29.6 Å². The van der Waals surface area contributed by atoms with E-state index in [4.69, 9.17) is 0 Å². The van der Waals surface area contributed by atoms with Gasteiger partial charge in [-0.2, -0.15) is 0 Å². The molecule has 3 nitrogen and oxygen atoms in total. The second-order valence-corrected chi connectivity index (χ2v) is 7.88. The maximum atomic E-state index is 11.4. The molecule has 1 aromatic heterocycles. The van der Waals surface area contributed by atoms with E-state index in [1.807, 2.05) is 29.6 Å². The third-order valence-corrected chi connectivity index (χ3v) is 5.88. The molecule has 1 aromatic carbocycles. The third-order valence-electron chi connectivity index (χ3n) is 3.21. The Labute approximate surface area is 111 Å². The maximum Gasteiger partial charge on any atom is 0.152 e. The first kappa shape index (κ1) is 13.5. The van der Waals surface area contributed by atoms with Gasteiger partial charge in [-0.3, -0.25) is 0 Å². The van der Waals surface area contributed by atoms with Crippen molar-refractivity contribution in [2.24, 2.45) is 0 Å². The lowest BCUT2D eigenvalue weighted by Gasteiger charge is -2.16. The van der Waals surface area contributed by atoms with Crippen LogP contribution >= 0.6 is 11.3 Å². The molecule has 0 radical (unpaired) electrons. The molecule has 0 aliphatic rings. The van der Waals surface area contributed by atoms with E-state index < -0.39 is 21.2 Å². The normalized spacial score (nSPS) is 15.7. The smallest absolute Gasteiger partial charge is 0.152 e. The standard InChI is InChI=1S/C13H16O3S2/c1-9(18(2,15)16)12(14)7-10-8-17-13-6-4-3-5-11(10)13/h3-6,8-9,12,14H,7H2,1-2H3. The van der Waals surface area contributed by atoms with Gasteiger partial charge < -0.3 is 5.11 Å². The van der Waals surface area contributed by atoms with Gasteiger partial charge in [0.1, 0.15) is 0 Å². The average Bonchev–Trinajstić information content (AvgIpc) is 2.70. The summed E-state index contributed by atoms with van der Waals surface area (Å²) in [6.07, 6.45) is 0.670. The second-order valence-electron chi connectivity index (χ2n) is 4.56. The lowest BCUT2D eigenvalue weighted by Crippen LogP contribution is -2.32. The molecule has 2 aromatic rings. The van der Waals surface area contributed by atoms with Gasteiger partial charge in [0.2, 0.25) is 0 Å². The Balaban J connectivity index is 2.24. The van der Waals surface area contributed by atoms with E-state index in [9.17, 15) is 13.5 Å². The molecule has 2 rings (SSSR count). The van der Waals surface area contributed by atoms with Crippen molar-refractivity contribution in [3.05, 3.63) is 35.2 Å². The molecule has 0 aliphatic carbocycles. The van der Waals surface area contributed by atoms with E-state index >= 15 is 0 Å². The molecular weight excluding hydrogens is 268 g/mol. The Morgan fingerprint density at radius 1 is 1.33 bits per heavy atom. The fraction of sp³-hybridized carbons (Fsp3) is 0.385. The van der Waals surface area contributed by atoms with Gasteiger partial charge in [0.25, 0.3) is 0 Å². The highest BCUT2D eigenvalue weighted by atomic mass is 32.2. The maximum absolute atomic E-state index is 11.4. The molecule has 2 atom stereocenters. The minimum Gasteiger partial charge on any atom is -0.391 e. The number of hydrogen-bond acceptors (Lipinski definition) is 4. The molecular formula is C13H16O3S2. The van der Waals surface area contributed by atoms with Gasteiger partial charge in [-0.1, -0.05) is 18.2 Å². The molecule has 1 N–H and O–H groups in total. The first-order chi connectivity index (χ1) is 8.39. The van der Waals surface area contributed by atoms with Crippen molar-refractivity contribution in [3.8, 4) is 0 Å². The van der Waals surface area contributed by atoms with Crippen LogP contribution in [0.5, 0.6) is 0 Å². The molecule has 5 heteroatoms. The quantitative estimate of drug-likeness (QED) is 0.937. The molecule has 18 heavy (non-hydrogen) atoms. The van der Waals surface area contributed by atoms with Crippen LogP contribution in [0.3, 0.4) is 0 Å². The molecule has 0 fully saturated rings. The lowest BCUT2D eigenvalue weighted by molar-refractivity contribution is 0.173. The second kappa shape index (κ2) is 4.99. The predicted molar refractivity (Wildman–Crippen MR) is 75.8 cm³/mol. The number of hydrogen-bond donors (Lipinski definition) is 1. The van der Waals surface area contributed by atoms with Crippen molar-refractivity contribution < 1.29 is 13.5 Å². The Hall–Kier alpha value is -0.910. The highest BCUT2D eigenvalue weighted by molar-refractivity contribution is 7.91. The zero-order valence-corrected chi connectivity index (χ0v) is 12.0. The Kier molecular flexibility index (Phi) is 3.75. The SMILES string of the molecule is CC(C(O)Cc1csc2ccccc12)S(C)(=O)=O. The van der Waals surface area contributed by atoms with Crippen molar-refractivity contribution in [1.29, 1.82) is 0 Å². The fourth-order valence-corrected chi connectivity index (χ4v) is 3.51. The summed E-state index contributed by atoms with van der Waals surface area (Å²) in [5.74, 6) is 0. The summed E-state index contributed by atoms with van der Waals surface area (Å²) in [6, 6.07) is 7.94. The molecule has 0 amide bonds. The number of fused-ring (bicyclic) bond motifs is 1. The van der Waals surface area contributed by atoms with E-state index in [0.29, 0.717) is 6.42 Å². The number of aliphatic hydroxyl groups is 1. The molecule has 0 saturated carbocycles. The molecule has 0 saturated heterocycles. The number of aliphatic hydroxyl groups excluding tert-OH is 1. The van der Waals surface area contributed by atoms with Crippen molar-refractivity contribution in [2.45, 2.75) is 24.7 Å². The summed E-state index contributed by atoms with van der Waals surface area (Å²) in [5, 5.41) is 12.4. The summed E-state index contributed by atoms with van der Waals surface area (Å²) < 4.78 is 24.0. The Morgan fingerprint density at radius 2 is 2.00 bits per heavy atom. The van der Waals surface area contributed by atoms with Gasteiger partial charge in [0.05, 0.1) is 11.4 Å². The summed E-state index contributed by atoms with van der Waals surface area (Å²) in [6.45, 7) is 1.55. The van der Waals surface area contributed by atoms with E-state index in [2.05, 4.69) is 0 Å². The van der Waals surface area contributed by atoms with Crippen LogP contribution in [0, 0.1) is 0 Å². The van der Waals surface area contributed by atoms with Crippen molar-refractivity contribution >= 4 is 31.3 Å². The van der Waals surface area contributed by atoms with E-state index in [1.54, 1.807) is 18.3 Å². The zero-order chi connectivity index (χ0) is 13.3. The number of benzene rings is 1. The van der Waals surface area contributed by atoms with Crippen LogP contribution < -0.4 is 0 Å². The molecule has 1 heterocycles. The summed E-state index contributed by atoms with van der Waals surface area (Å²) in [4.78, 5) is 0. The van der Waals surface area contributed by atoms with Gasteiger partial charge >= 0.3 is 0 Å². The average molecular weight is 284 g/mol. The summed E-state index contributed by atoms with van der Waals surface area (Å²) >= 11 is 1.61. The highest BCUT2D eigenvalue weighted by Gasteiger charge is 2.24. The number of rotatable bonds is 4. The van der Waals surface area contributed by atoms with E-state index in [0.717, 1.165) is 21.9 Å². The minimum absolute atomic E-state index is 0.373. The molecule has 0 spiro atoms. The van der Waals surface area contributed by atoms with Crippen molar-refractivity contribution in [3.63, 3.8) is 0 Å². The van der Waals surface area contributed by atoms with Crippen LogP contribution in [0.1, 0.15) is 12.5 Å². The largest absolute Gasteiger partial charge is 0.391 e. The van der Waals surface area contributed by atoms with Crippen LogP contribution in [-0.2, 0) is 16.3 Å². The molecule has 0 bridgehead atoms. The topological polar surface area (TPSA) is 54.4 Å². The monoisotopic (exact) mass is 284 g/mol. The minimum atomic E-state index is -3.21. The van der Waals surface area contributed by atoms with Crippen molar-refractivity contribution in [1.82, 2.24) is 0 Å². The first-order valence-electron chi connectivity index (χ1n) is 5.71. The van der Waals surface area contributed by atoms with Gasteiger partial charge in [0, 0.05) is 17.4 Å². The first-order valence-corrected chi connectivity index (χ1v) is 8.55. The lowest BCUT2D eigenvalue weighted by atomic mass is 10.1.